The van der Waals surface area contributed by atoms with Gasteiger partial charge in [-0.2, -0.15) is 0 Å². The van der Waals surface area contributed by atoms with E-state index >= 15 is 0 Å². The molecule has 1 aliphatic carbocycles. The fourth-order valence-electron chi connectivity index (χ4n) is 2.28. The number of hydrogen-bond acceptors (Lipinski definition) is 3. The van der Waals surface area contributed by atoms with Crippen molar-refractivity contribution in [3.8, 4) is 0 Å². The maximum atomic E-state index is 11.7. The van der Waals surface area contributed by atoms with E-state index in [0.717, 1.165) is 25.7 Å². The largest absolute Gasteiger partial charge is 0.388 e. The number of nitrogens with zero attached hydrogens (tertiary/aromatic N) is 2. The Kier molecular flexibility index (Phi) is 3.43. The average Bonchev–Trinajstić information content (AvgIpc) is 2.85. The predicted octanol–water partition coefficient (Wildman–Crippen LogP) is 1.77. The zero-order valence-corrected chi connectivity index (χ0v) is 11.0. The molecule has 1 aliphatic rings. The molecule has 0 radical (unpaired) electrons. The maximum absolute atomic E-state index is 11.7. The first-order valence-electron chi connectivity index (χ1n) is 6.39. The summed E-state index contributed by atoms with van der Waals surface area (Å²) >= 11 is 0. The highest BCUT2D eigenvalue weighted by Gasteiger charge is 2.36. The third-order valence-electron chi connectivity index (χ3n) is 3.84. The molecule has 1 aromatic rings. The molecule has 0 bridgehead atoms. The van der Waals surface area contributed by atoms with Crippen LogP contribution in [0.25, 0.3) is 0 Å². The fourth-order valence-corrected chi connectivity index (χ4v) is 2.28. The summed E-state index contributed by atoms with van der Waals surface area (Å²) in [6.45, 7) is 4.74. The molecule has 1 amide bonds. The van der Waals surface area contributed by atoms with Gasteiger partial charge in [-0.3, -0.25) is 4.57 Å². The van der Waals surface area contributed by atoms with Gasteiger partial charge in [0.25, 0.3) is 0 Å². The Morgan fingerprint density at radius 2 is 2.06 bits per heavy atom. The highest BCUT2D eigenvalue weighted by molar-refractivity contribution is 5.76. The van der Waals surface area contributed by atoms with E-state index in [9.17, 15) is 9.90 Å². The van der Waals surface area contributed by atoms with Crippen molar-refractivity contribution in [2.45, 2.75) is 45.1 Å². The van der Waals surface area contributed by atoms with Crippen molar-refractivity contribution in [3.63, 3.8) is 0 Å². The van der Waals surface area contributed by atoms with Crippen LogP contribution in [-0.2, 0) is 0 Å². The Balaban J connectivity index is 1.85. The van der Waals surface area contributed by atoms with Crippen molar-refractivity contribution in [2.75, 3.05) is 6.54 Å². The van der Waals surface area contributed by atoms with E-state index in [0.29, 0.717) is 12.0 Å². The van der Waals surface area contributed by atoms with Crippen LogP contribution >= 0.6 is 0 Å². The lowest BCUT2D eigenvalue weighted by Gasteiger charge is -2.40. The first kappa shape index (κ1) is 13.1. The molecular weight excluding hydrogens is 230 g/mol. The molecule has 2 N–H and O–H groups in total. The monoisotopic (exact) mass is 251 g/mol. The first-order valence-corrected chi connectivity index (χ1v) is 6.39. The lowest BCUT2D eigenvalue weighted by atomic mass is 9.71. The van der Waals surface area contributed by atoms with E-state index in [1.807, 2.05) is 0 Å². The van der Waals surface area contributed by atoms with Gasteiger partial charge >= 0.3 is 6.03 Å². The molecule has 5 heteroatoms. The van der Waals surface area contributed by atoms with Gasteiger partial charge in [0.1, 0.15) is 6.33 Å². The number of rotatable bonds is 2. The van der Waals surface area contributed by atoms with Crippen LogP contribution in [0.5, 0.6) is 0 Å². The summed E-state index contributed by atoms with van der Waals surface area (Å²) in [4.78, 5) is 15.5. The molecule has 1 saturated carbocycles. The standard InChI is InChI=1S/C13H21N3O2/c1-12(2)3-5-13(18,6-4-12)9-15-11(17)16-8-7-14-10-16/h7-8,10,18H,3-6,9H2,1-2H3,(H,15,17). The van der Waals surface area contributed by atoms with Gasteiger partial charge < -0.3 is 10.4 Å². The molecule has 1 aromatic heterocycles. The number of imidazole rings is 1. The fraction of sp³-hybridized carbons (Fsp3) is 0.692. The second-order valence-corrected chi connectivity index (χ2v) is 6.02. The van der Waals surface area contributed by atoms with E-state index in [4.69, 9.17) is 0 Å². The van der Waals surface area contributed by atoms with E-state index in [1.54, 1.807) is 12.4 Å². The Morgan fingerprint density at radius 1 is 1.39 bits per heavy atom. The molecule has 0 atom stereocenters. The summed E-state index contributed by atoms with van der Waals surface area (Å²) in [5, 5.41) is 13.2. The number of carbonyl (C=O) groups excluding carboxylic acids is 1. The molecule has 0 spiro atoms. The molecule has 0 aromatic carbocycles. The van der Waals surface area contributed by atoms with Crippen molar-refractivity contribution >= 4 is 6.03 Å². The van der Waals surface area contributed by atoms with Gasteiger partial charge in [0.05, 0.1) is 5.60 Å². The normalized spacial score (nSPS) is 21.5. The minimum Gasteiger partial charge on any atom is -0.388 e. The van der Waals surface area contributed by atoms with Crippen molar-refractivity contribution in [2.24, 2.45) is 5.41 Å². The van der Waals surface area contributed by atoms with Gasteiger partial charge in [-0.25, -0.2) is 9.78 Å². The summed E-state index contributed by atoms with van der Waals surface area (Å²) in [5.74, 6) is 0. The second-order valence-electron chi connectivity index (χ2n) is 6.02. The van der Waals surface area contributed by atoms with E-state index in [2.05, 4.69) is 24.1 Å². The Labute approximate surface area is 107 Å². The van der Waals surface area contributed by atoms with Crippen molar-refractivity contribution < 1.29 is 9.90 Å². The lowest BCUT2D eigenvalue weighted by Crippen LogP contribution is -2.47. The Morgan fingerprint density at radius 3 is 2.61 bits per heavy atom. The summed E-state index contributed by atoms with van der Waals surface area (Å²) < 4.78 is 1.37. The number of carbonyl (C=O) groups is 1. The summed E-state index contributed by atoms with van der Waals surface area (Å²) in [6, 6.07) is -0.245. The molecule has 18 heavy (non-hydrogen) atoms. The third-order valence-corrected chi connectivity index (χ3v) is 3.84. The van der Waals surface area contributed by atoms with Crippen LogP contribution in [0.4, 0.5) is 4.79 Å². The van der Waals surface area contributed by atoms with Crippen molar-refractivity contribution in [3.05, 3.63) is 18.7 Å². The molecule has 0 saturated heterocycles. The second kappa shape index (κ2) is 4.72. The smallest absolute Gasteiger partial charge is 0.326 e. The summed E-state index contributed by atoms with van der Waals surface area (Å²) in [6.07, 6.45) is 8.05. The van der Waals surface area contributed by atoms with Crippen LogP contribution < -0.4 is 5.32 Å². The molecule has 2 rings (SSSR count). The van der Waals surface area contributed by atoms with Crippen LogP contribution in [0, 0.1) is 5.41 Å². The van der Waals surface area contributed by atoms with Crippen molar-refractivity contribution in [1.29, 1.82) is 0 Å². The Hall–Kier alpha value is -1.36. The van der Waals surface area contributed by atoms with Gasteiger partial charge in [0.15, 0.2) is 0 Å². The number of aliphatic hydroxyl groups is 1. The molecule has 0 aliphatic heterocycles. The van der Waals surface area contributed by atoms with Crippen LogP contribution in [-0.4, -0.2) is 32.8 Å². The van der Waals surface area contributed by atoms with E-state index in [-0.39, 0.29) is 6.03 Å². The molecule has 5 nitrogen and oxygen atoms in total. The zero-order chi connectivity index (χ0) is 13.2. The van der Waals surface area contributed by atoms with Crippen LogP contribution in [0.15, 0.2) is 18.7 Å². The molecule has 1 fully saturated rings. The zero-order valence-electron chi connectivity index (χ0n) is 11.0. The quantitative estimate of drug-likeness (QED) is 0.841. The first-order chi connectivity index (χ1) is 8.40. The van der Waals surface area contributed by atoms with Gasteiger partial charge in [0.2, 0.25) is 0 Å². The molecule has 100 valence electrons. The van der Waals surface area contributed by atoms with Crippen LogP contribution in [0.3, 0.4) is 0 Å². The maximum Gasteiger partial charge on any atom is 0.326 e. The Bertz CT molecular complexity index is 402. The number of aromatic nitrogens is 2. The van der Waals surface area contributed by atoms with Gasteiger partial charge in [0, 0.05) is 18.9 Å². The minimum atomic E-state index is -0.758. The SMILES string of the molecule is CC1(C)CCC(O)(CNC(=O)n2ccnc2)CC1. The molecule has 1 heterocycles. The number of nitrogens with one attached hydrogen (secondary N) is 1. The summed E-state index contributed by atoms with van der Waals surface area (Å²) in [5.41, 5.74) is -0.452. The third kappa shape index (κ3) is 3.10. The number of hydrogen-bond donors (Lipinski definition) is 2. The van der Waals surface area contributed by atoms with E-state index < -0.39 is 5.60 Å². The van der Waals surface area contributed by atoms with Crippen LogP contribution in [0.2, 0.25) is 0 Å². The van der Waals surface area contributed by atoms with Gasteiger partial charge in [-0.1, -0.05) is 13.8 Å². The van der Waals surface area contributed by atoms with Gasteiger partial charge in [-0.15, -0.1) is 0 Å². The van der Waals surface area contributed by atoms with Crippen molar-refractivity contribution in [1.82, 2.24) is 14.9 Å². The molecule has 0 unspecified atom stereocenters. The lowest BCUT2D eigenvalue weighted by molar-refractivity contribution is -0.0222. The summed E-state index contributed by atoms with van der Waals surface area (Å²) in [7, 11) is 0. The van der Waals surface area contributed by atoms with E-state index in [1.165, 1.54) is 10.9 Å². The highest BCUT2D eigenvalue weighted by Crippen LogP contribution is 2.39. The molecular formula is C13H21N3O2. The average molecular weight is 251 g/mol. The topological polar surface area (TPSA) is 67.2 Å². The predicted molar refractivity (Wildman–Crippen MR) is 68.2 cm³/mol. The van der Waals surface area contributed by atoms with Gasteiger partial charge in [-0.05, 0) is 31.1 Å². The minimum absolute atomic E-state index is 0.245. The highest BCUT2D eigenvalue weighted by atomic mass is 16.3. The number of amides is 1. The van der Waals surface area contributed by atoms with Crippen LogP contribution in [0.1, 0.15) is 39.5 Å².